The second-order valence-corrected chi connectivity index (χ2v) is 5.50. The molecule has 4 atom stereocenters. The zero-order valence-electron chi connectivity index (χ0n) is 12.7. The molecule has 0 bridgehead atoms. The average molecular weight is 292 g/mol. The first-order valence-electron chi connectivity index (χ1n) is 7.30. The van der Waals surface area contributed by atoms with E-state index in [1.54, 1.807) is 13.2 Å². The van der Waals surface area contributed by atoms with Crippen molar-refractivity contribution >= 4 is 0 Å². The topological polar surface area (TPSA) is 51.2 Å². The first kappa shape index (κ1) is 16.0. The van der Waals surface area contributed by atoms with Crippen LogP contribution in [0.3, 0.4) is 0 Å². The van der Waals surface area contributed by atoms with E-state index in [1.807, 2.05) is 24.3 Å². The minimum absolute atomic E-state index is 0.0670. The Bertz CT molecular complexity index is 443. The third-order valence-corrected chi connectivity index (χ3v) is 3.72. The fraction of sp³-hybridized carbons (Fsp3) is 0.529. The Hall–Kier alpha value is -1.36. The summed E-state index contributed by atoms with van der Waals surface area (Å²) in [5.41, 5.74) is 1.11. The van der Waals surface area contributed by atoms with E-state index in [2.05, 4.69) is 13.5 Å². The first-order valence-corrected chi connectivity index (χ1v) is 7.30. The summed E-state index contributed by atoms with van der Waals surface area (Å²) in [6.45, 7) is 6.90. The van der Waals surface area contributed by atoms with Crippen LogP contribution in [-0.4, -0.2) is 37.1 Å². The molecule has 1 aliphatic heterocycles. The van der Waals surface area contributed by atoms with Gasteiger partial charge in [-0.3, -0.25) is 0 Å². The van der Waals surface area contributed by atoms with E-state index in [0.29, 0.717) is 19.6 Å². The lowest BCUT2D eigenvalue weighted by atomic mass is 10.0. The van der Waals surface area contributed by atoms with Crippen LogP contribution in [0, 0.1) is 5.92 Å². The largest absolute Gasteiger partial charge is 0.497 e. The zero-order valence-corrected chi connectivity index (χ0v) is 12.7. The van der Waals surface area contributed by atoms with Crippen LogP contribution in [0.25, 0.3) is 0 Å². The maximum absolute atomic E-state index is 9.81. The molecular formula is C17H24O4. The Morgan fingerprint density at radius 1 is 1.33 bits per heavy atom. The summed E-state index contributed by atoms with van der Waals surface area (Å²) in [7, 11) is 1.65. The molecule has 0 aromatic heterocycles. The molecule has 1 unspecified atom stereocenters. The molecule has 0 saturated carbocycles. The highest BCUT2D eigenvalue weighted by Gasteiger charge is 2.46. The number of hydrogen-bond donors (Lipinski definition) is 1. The third-order valence-electron chi connectivity index (χ3n) is 3.72. The van der Waals surface area contributed by atoms with Crippen LogP contribution < -0.4 is 4.74 Å². The Kier molecular flexibility index (Phi) is 5.79. The second kappa shape index (κ2) is 7.59. The molecule has 0 spiro atoms. The Balaban J connectivity index is 1.68. The van der Waals surface area contributed by atoms with Crippen molar-refractivity contribution in [3.05, 3.63) is 42.5 Å². The summed E-state index contributed by atoms with van der Waals surface area (Å²) in [5, 5.41) is 9.81. The standard InChI is InChI=1S/C17H24O4/c1-4-5-15(18)17-16(21-17)12(2)10-20-11-13-6-8-14(19-3)9-7-13/h4,6-9,12,15-18H,1,5,10-11H2,2-3H3/t12?,15-,16-,17+/m0/s1. The van der Waals surface area contributed by atoms with Gasteiger partial charge in [-0.05, 0) is 24.1 Å². The number of rotatable bonds is 9. The van der Waals surface area contributed by atoms with Crippen molar-refractivity contribution in [1.82, 2.24) is 0 Å². The van der Waals surface area contributed by atoms with Crippen molar-refractivity contribution in [1.29, 1.82) is 0 Å². The SMILES string of the molecule is C=CC[C@H](O)[C@H]1O[C@H]1C(C)COCc1ccc(OC)cc1. The van der Waals surface area contributed by atoms with Gasteiger partial charge >= 0.3 is 0 Å². The first-order chi connectivity index (χ1) is 10.2. The van der Waals surface area contributed by atoms with Gasteiger partial charge in [0.25, 0.3) is 0 Å². The highest BCUT2D eigenvalue weighted by molar-refractivity contribution is 5.26. The van der Waals surface area contributed by atoms with Crippen LogP contribution in [-0.2, 0) is 16.1 Å². The maximum atomic E-state index is 9.81. The predicted molar refractivity (Wildman–Crippen MR) is 81.3 cm³/mol. The third kappa shape index (κ3) is 4.56. The van der Waals surface area contributed by atoms with Crippen LogP contribution in [0.2, 0.25) is 0 Å². The van der Waals surface area contributed by atoms with E-state index < -0.39 is 6.10 Å². The van der Waals surface area contributed by atoms with Crippen LogP contribution in [0.15, 0.2) is 36.9 Å². The molecular weight excluding hydrogens is 268 g/mol. The van der Waals surface area contributed by atoms with Gasteiger partial charge in [-0.2, -0.15) is 0 Å². The summed E-state index contributed by atoms with van der Waals surface area (Å²) in [6, 6.07) is 7.84. The minimum Gasteiger partial charge on any atom is -0.497 e. The molecule has 4 heteroatoms. The van der Waals surface area contributed by atoms with Gasteiger partial charge < -0.3 is 19.3 Å². The Labute approximate surface area is 126 Å². The fourth-order valence-electron chi connectivity index (χ4n) is 2.39. The van der Waals surface area contributed by atoms with E-state index in [-0.39, 0.29) is 18.1 Å². The van der Waals surface area contributed by atoms with Gasteiger partial charge in [-0.1, -0.05) is 25.1 Å². The van der Waals surface area contributed by atoms with E-state index in [9.17, 15) is 5.11 Å². The summed E-state index contributed by atoms with van der Waals surface area (Å²) in [5.74, 6) is 1.12. The number of methoxy groups -OCH3 is 1. The van der Waals surface area contributed by atoms with E-state index in [4.69, 9.17) is 14.2 Å². The van der Waals surface area contributed by atoms with Crippen LogP contribution in [0.1, 0.15) is 18.9 Å². The molecule has 0 aliphatic carbocycles. The zero-order chi connectivity index (χ0) is 15.2. The summed E-state index contributed by atoms with van der Waals surface area (Å²) in [6.07, 6.45) is 1.87. The predicted octanol–water partition coefficient (Wildman–Crippen LogP) is 2.55. The summed E-state index contributed by atoms with van der Waals surface area (Å²) < 4.78 is 16.4. The normalized spacial score (nSPS) is 23.4. The van der Waals surface area contributed by atoms with Crippen molar-refractivity contribution < 1.29 is 19.3 Å². The molecule has 1 saturated heterocycles. The summed E-state index contributed by atoms with van der Waals surface area (Å²) >= 11 is 0. The molecule has 4 nitrogen and oxygen atoms in total. The van der Waals surface area contributed by atoms with Crippen molar-refractivity contribution in [3.63, 3.8) is 0 Å². The maximum Gasteiger partial charge on any atom is 0.118 e. The molecule has 1 aromatic rings. The molecule has 0 radical (unpaired) electrons. The number of epoxide rings is 1. The quantitative estimate of drug-likeness (QED) is 0.561. The molecule has 1 aliphatic rings. The van der Waals surface area contributed by atoms with E-state index in [1.165, 1.54) is 0 Å². The lowest BCUT2D eigenvalue weighted by Gasteiger charge is -2.11. The smallest absolute Gasteiger partial charge is 0.118 e. The Morgan fingerprint density at radius 3 is 2.67 bits per heavy atom. The second-order valence-electron chi connectivity index (χ2n) is 5.50. The van der Waals surface area contributed by atoms with Gasteiger partial charge in [-0.15, -0.1) is 6.58 Å². The number of aliphatic hydroxyl groups is 1. The molecule has 1 fully saturated rings. The molecule has 1 heterocycles. The molecule has 1 aromatic carbocycles. The van der Waals surface area contributed by atoms with Crippen LogP contribution >= 0.6 is 0 Å². The fourth-order valence-corrected chi connectivity index (χ4v) is 2.39. The van der Waals surface area contributed by atoms with Crippen molar-refractivity contribution in [3.8, 4) is 5.75 Å². The lowest BCUT2D eigenvalue weighted by molar-refractivity contribution is 0.0824. The Morgan fingerprint density at radius 2 is 2.05 bits per heavy atom. The van der Waals surface area contributed by atoms with Crippen LogP contribution in [0.5, 0.6) is 5.75 Å². The minimum atomic E-state index is -0.448. The van der Waals surface area contributed by atoms with Gasteiger partial charge in [0.2, 0.25) is 0 Å². The van der Waals surface area contributed by atoms with Crippen molar-refractivity contribution in [2.45, 2.75) is 38.3 Å². The van der Waals surface area contributed by atoms with Gasteiger partial charge in [0.05, 0.1) is 32.5 Å². The highest BCUT2D eigenvalue weighted by Crippen LogP contribution is 2.33. The molecule has 21 heavy (non-hydrogen) atoms. The van der Waals surface area contributed by atoms with Crippen molar-refractivity contribution in [2.24, 2.45) is 5.92 Å². The average Bonchev–Trinajstić information content (AvgIpc) is 3.29. The van der Waals surface area contributed by atoms with Crippen molar-refractivity contribution in [2.75, 3.05) is 13.7 Å². The van der Waals surface area contributed by atoms with E-state index in [0.717, 1.165) is 11.3 Å². The van der Waals surface area contributed by atoms with Gasteiger partial charge in [0.1, 0.15) is 11.9 Å². The van der Waals surface area contributed by atoms with Gasteiger partial charge in [0.15, 0.2) is 0 Å². The highest BCUT2D eigenvalue weighted by atomic mass is 16.6. The summed E-state index contributed by atoms with van der Waals surface area (Å²) in [4.78, 5) is 0. The molecule has 2 rings (SSSR count). The van der Waals surface area contributed by atoms with Gasteiger partial charge in [-0.25, -0.2) is 0 Å². The number of benzene rings is 1. The lowest BCUT2D eigenvalue weighted by Crippen LogP contribution is -2.21. The van der Waals surface area contributed by atoms with Crippen LogP contribution in [0.4, 0.5) is 0 Å². The van der Waals surface area contributed by atoms with E-state index >= 15 is 0 Å². The monoisotopic (exact) mass is 292 g/mol. The number of aliphatic hydroxyl groups excluding tert-OH is 1. The number of hydrogen-bond acceptors (Lipinski definition) is 4. The number of ether oxygens (including phenoxy) is 3. The van der Waals surface area contributed by atoms with Gasteiger partial charge in [0, 0.05) is 5.92 Å². The molecule has 0 amide bonds. The molecule has 1 N–H and O–H groups in total. The molecule has 116 valence electrons.